The van der Waals surface area contributed by atoms with E-state index in [1.165, 1.54) is 18.4 Å². The smallest absolute Gasteiger partial charge is 0.321 e. The molecule has 3 aromatic carbocycles. The van der Waals surface area contributed by atoms with E-state index in [1.807, 2.05) is 72.5 Å². The summed E-state index contributed by atoms with van der Waals surface area (Å²) < 4.78 is 0. The van der Waals surface area contributed by atoms with Gasteiger partial charge in [-0.2, -0.15) is 0 Å². The highest BCUT2D eigenvalue weighted by molar-refractivity contribution is 7.99. The van der Waals surface area contributed by atoms with Crippen molar-refractivity contribution in [1.82, 2.24) is 5.32 Å². The van der Waals surface area contributed by atoms with E-state index in [0.29, 0.717) is 19.5 Å². The van der Waals surface area contributed by atoms with Gasteiger partial charge in [0.25, 0.3) is 0 Å². The number of urea groups is 1. The van der Waals surface area contributed by atoms with Crippen LogP contribution in [0.2, 0.25) is 0 Å². The van der Waals surface area contributed by atoms with E-state index in [2.05, 4.69) is 30.4 Å². The Hall–Kier alpha value is -3.25. The molecule has 3 rings (SSSR count). The second kappa shape index (κ2) is 15.9. The van der Waals surface area contributed by atoms with Gasteiger partial charge in [-0.15, -0.1) is 0 Å². The van der Waals surface area contributed by atoms with Crippen molar-refractivity contribution >= 4 is 29.4 Å². The van der Waals surface area contributed by atoms with Gasteiger partial charge >= 0.3 is 12.0 Å². The minimum absolute atomic E-state index is 0.0552. The number of unbranched alkanes of at least 4 members (excludes halogenated alkanes) is 3. The average molecular weight is 533 g/mol. The van der Waals surface area contributed by atoms with Crippen LogP contribution in [0, 0.1) is 0 Å². The third-order valence-electron chi connectivity index (χ3n) is 6.60. The van der Waals surface area contributed by atoms with E-state index in [-0.39, 0.29) is 6.03 Å². The number of carboxylic acid groups (broad SMARTS) is 1. The molecule has 5 nitrogen and oxygen atoms in total. The lowest BCUT2D eigenvalue weighted by atomic mass is 9.97. The largest absolute Gasteiger partial charge is 0.481 e. The number of carboxylic acids is 1. The maximum Gasteiger partial charge on any atom is 0.321 e. The summed E-state index contributed by atoms with van der Waals surface area (Å²) in [6.07, 6.45) is 6.82. The van der Waals surface area contributed by atoms with Crippen molar-refractivity contribution in [3.8, 4) is 0 Å². The topological polar surface area (TPSA) is 69.6 Å². The molecule has 3 aromatic rings. The van der Waals surface area contributed by atoms with Crippen molar-refractivity contribution in [2.75, 3.05) is 18.0 Å². The maximum absolute atomic E-state index is 13.2. The molecule has 0 aliphatic heterocycles. The molecule has 0 saturated heterocycles. The quantitative estimate of drug-likeness (QED) is 0.194. The van der Waals surface area contributed by atoms with Crippen molar-refractivity contribution in [3.63, 3.8) is 0 Å². The number of benzene rings is 3. The Labute approximate surface area is 231 Å². The fourth-order valence-electron chi connectivity index (χ4n) is 4.45. The van der Waals surface area contributed by atoms with Crippen molar-refractivity contribution < 1.29 is 14.7 Å². The van der Waals surface area contributed by atoms with Crippen LogP contribution in [0.5, 0.6) is 0 Å². The molecule has 0 heterocycles. The summed E-state index contributed by atoms with van der Waals surface area (Å²) in [4.78, 5) is 28.6. The molecule has 0 aliphatic rings. The number of carbonyl (C=O) groups is 2. The normalized spacial score (nSPS) is 11.6. The molecular formula is C32H40N2O3S. The molecule has 6 heteroatoms. The molecule has 0 aromatic heterocycles. The molecule has 0 fully saturated rings. The Kier molecular flexibility index (Phi) is 12.2. The monoisotopic (exact) mass is 532 g/mol. The molecule has 1 unspecified atom stereocenters. The fraction of sp³-hybridized carbons (Fsp3) is 0.375. The van der Waals surface area contributed by atoms with Crippen LogP contribution in [0.15, 0.2) is 88.7 Å². The van der Waals surface area contributed by atoms with Gasteiger partial charge < -0.3 is 10.4 Å². The van der Waals surface area contributed by atoms with Crippen LogP contribution in [0.4, 0.5) is 10.5 Å². The summed E-state index contributed by atoms with van der Waals surface area (Å²) in [7, 11) is 0. The number of hydrogen-bond donors (Lipinski definition) is 2. The summed E-state index contributed by atoms with van der Waals surface area (Å²) in [5.74, 6) is -1.28. The van der Waals surface area contributed by atoms with E-state index in [4.69, 9.17) is 0 Å². The molecule has 0 bridgehead atoms. The third-order valence-corrected chi connectivity index (χ3v) is 7.59. The van der Waals surface area contributed by atoms with Gasteiger partial charge in [0.2, 0.25) is 0 Å². The molecule has 38 heavy (non-hydrogen) atoms. The maximum atomic E-state index is 13.2. The zero-order chi connectivity index (χ0) is 27.2. The minimum atomic E-state index is -0.795. The predicted octanol–water partition coefficient (Wildman–Crippen LogP) is 8.15. The van der Waals surface area contributed by atoms with Crippen LogP contribution < -0.4 is 10.2 Å². The predicted molar refractivity (Wildman–Crippen MR) is 157 cm³/mol. The summed E-state index contributed by atoms with van der Waals surface area (Å²) >= 11 is 1.61. The van der Waals surface area contributed by atoms with Crippen molar-refractivity contribution in [2.45, 2.75) is 74.5 Å². The van der Waals surface area contributed by atoms with Crippen LogP contribution in [0.1, 0.15) is 69.4 Å². The Balaban J connectivity index is 1.70. The van der Waals surface area contributed by atoms with E-state index in [1.54, 1.807) is 11.8 Å². The highest BCUT2D eigenvalue weighted by atomic mass is 32.2. The van der Waals surface area contributed by atoms with Gasteiger partial charge in [0, 0.05) is 28.6 Å². The Morgan fingerprint density at radius 1 is 0.868 bits per heavy atom. The standard InChI is InChI=1S/C32H40N2O3S/c1-3-5-6-10-22-33-32(37)34(23-12-15-25-13-8-7-9-14-25)27-16-11-17-29(24-27)38-28-20-18-26(19-21-28)30(4-2)31(35)36/h7-9,11,13-14,16-21,24,30H,3-6,10,12,15,22-23H2,1-2H3,(H,33,37)(H,35,36). The first kappa shape index (κ1) is 29.3. The molecule has 2 N–H and O–H groups in total. The van der Waals surface area contributed by atoms with Crippen LogP contribution in [-0.4, -0.2) is 30.2 Å². The summed E-state index contributed by atoms with van der Waals surface area (Å²) in [6, 6.07) is 26.1. The number of aliphatic carboxylic acids is 1. The molecular weight excluding hydrogens is 492 g/mol. The molecule has 0 aliphatic carbocycles. The van der Waals surface area contributed by atoms with E-state index < -0.39 is 11.9 Å². The third kappa shape index (κ3) is 9.25. The van der Waals surface area contributed by atoms with E-state index in [0.717, 1.165) is 46.7 Å². The first-order valence-electron chi connectivity index (χ1n) is 13.7. The van der Waals surface area contributed by atoms with Gasteiger partial charge in [-0.25, -0.2) is 4.79 Å². The molecule has 0 saturated carbocycles. The highest BCUT2D eigenvalue weighted by Crippen LogP contribution is 2.32. The molecule has 202 valence electrons. The van der Waals surface area contributed by atoms with Crippen LogP contribution in [0.25, 0.3) is 0 Å². The van der Waals surface area contributed by atoms with Gasteiger partial charge in [0.1, 0.15) is 0 Å². The first-order chi connectivity index (χ1) is 18.5. The molecule has 1 atom stereocenters. The number of nitrogens with zero attached hydrogens (tertiary/aromatic N) is 1. The number of anilines is 1. The zero-order valence-corrected chi connectivity index (χ0v) is 23.4. The van der Waals surface area contributed by atoms with Gasteiger partial charge in [0.15, 0.2) is 0 Å². The first-order valence-corrected chi connectivity index (χ1v) is 14.5. The Morgan fingerprint density at radius 2 is 1.63 bits per heavy atom. The lowest BCUT2D eigenvalue weighted by molar-refractivity contribution is -0.138. The number of hydrogen-bond acceptors (Lipinski definition) is 3. The number of amides is 2. The summed E-state index contributed by atoms with van der Waals surface area (Å²) in [6.45, 7) is 5.39. The summed E-state index contributed by atoms with van der Waals surface area (Å²) in [5, 5.41) is 12.6. The lowest BCUT2D eigenvalue weighted by Gasteiger charge is -2.24. The average Bonchev–Trinajstić information content (AvgIpc) is 2.93. The number of aryl methyl sites for hydroxylation is 1. The molecule has 0 radical (unpaired) electrons. The van der Waals surface area contributed by atoms with Gasteiger partial charge in [-0.3, -0.25) is 9.69 Å². The Bertz CT molecular complexity index is 1130. The number of nitrogens with one attached hydrogen (secondary N) is 1. The zero-order valence-electron chi connectivity index (χ0n) is 22.6. The summed E-state index contributed by atoms with van der Waals surface area (Å²) in [5.41, 5.74) is 2.97. The second-order valence-electron chi connectivity index (χ2n) is 9.50. The SMILES string of the molecule is CCCCCCNC(=O)N(CCCc1ccccc1)c1cccc(Sc2ccc(C(CC)C(=O)O)cc2)c1. The highest BCUT2D eigenvalue weighted by Gasteiger charge is 2.18. The second-order valence-corrected chi connectivity index (χ2v) is 10.6. The van der Waals surface area contributed by atoms with E-state index >= 15 is 0 Å². The minimum Gasteiger partial charge on any atom is -0.481 e. The van der Waals surface area contributed by atoms with Crippen molar-refractivity contribution in [1.29, 1.82) is 0 Å². The van der Waals surface area contributed by atoms with Crippen LogP contribution in [-0.2, 0) is 11.2 Å². The van der Waals surface area contributed by atoms with Gasteiger partial charge in [-0.1, -0.05) is 93.4 Å². The molecule has 2 amide bonds. The fourth-order valence-corrected chi connectivity index (χ4v) is 5.32. The van der Waals surface area contributed by atoms with Crippen molar-refractivity contribution in [3.05, 3.63) is 90.0 Å². The van der Waals surface area contributed by atoms with Gasteiger partial charge in [-0.05, 0) is 67.1 Å². The Morgan fingerprint density at radius 3 is 2.32 bits per heavy atom. The van der Waals surface area contributed by atoms with Crippen molar-refractivity contribution in [2.24, 2.45) is 0 Å². The van der Waals surface area contributed by atoms with E-state index in [9.17, 15) is 14.7 Å². The number of carbonyl (C=O) groups excluding carboxylic acids is 1. The van der Waals surface area contributed by atoms with Crippen LogP contribution in [0.3, 0.4) is 0 Å². The van der Waals surface area contributed by atoms with Crippen LogP contribution >= 0.6 is 11.8 Å². The molecule has 0 spiro atoms. The lowest BCUT2D eigenvalue weighted by Crippen LogP contribution is -2.41. The number of rotatable bonds is 15. The van der Waals surface area contributed by atoms with Gasteiger partial charge in [0.05, 0.1) is 5.92 Å².